The highest BCUT2D eigenvalue weighted by Crippen LogP contribution is 2.21. The molecule has 1 amide bonds. The number of amides is 1. The lowest BCUT2D eigenvalue weighted by Crippen LogP contribution is -2.42. The number of likely N-dealkylation sites (N-methyl/N-ethyl adjacent to an activating group) is 1. The predicted molar refractivity (Wildman–Crippen MR) is 85.3 cm³/mol. The number of hydrogen-bond acceptors (Lipinski definition) is 3. The van der Waals surface area contributed by atoms with Crippen LogP contribution in [0, 0.1) is 0 Å². The van der Waals surface area contributed by atoms with Crippen LogP contribution in [0.15, 0.2) is 29.2 Å². The Hall–Kier alpha value is -0.710. The minimum Gasteiger partial charge on any atom is -0.389 e. The van der Waals surface area contributed by atoms with Crippen molar-refractivity contribution in [1.82, 2.24) is 4.90 Å². The number of aliphatic hydroxyl groups is 1. The first-order valence-electron chi connectivity index (χ1n) is 6.70. The molecule has 0 radical (unpaired) electrons. The quantitative estimate of drug-likeness (QED) is 0.784. The highest BCUT2D eigenvalue weighted by Gasteiger charge is 2.20. The van der Waals surface area contributed by atoms with Crippen molar-refractivity contribution in [1.29, 1.82) is 0 Å². The molecule has 0 unspecified atom stereocenters. The minimum absolute atomic E-state index is 0.0797. The molecule has 0 aliphatic rings. The molecule has 0 spiro atoms. The summed E-state index contributed by atoms with van der Waals surface area (Å²) in [6.07, 6.45) is 0.469. The van der Waals surface area contributed by atoms with Crippen LogP contribution in [0.1, 0.15) is 27.2 Å². The summed E-state index contributed by atoms with van der Waals surface area (Å²) in [6, 6.07) is 7.59. The van der Waals surface area contributed by atoms with E-state index in [0.29, 0.717) is 24.5 Å². The lowest BCUT2D eigenvalue weighted by molar-refractivity contribution is -0.133. The van der Waals surface area contributed by atoms with Crippen molar-refractivity contribution in [2.24, 2.45) is 0 Å². The Morgan fingerprint density at radius 1 is 1.35 bits per heavy atom. The molecule has 0 bridgehead atoms. The number of nitrogens with zero attached hydrogens (tertiary/aromatic N) is 1. The molecule has 1 N–H and O–H groups in total. The Kier molecular flexibility index (Phi) is 6.86. The molecule has 1 aromatic carbocycles. The first-order chi connectivity index (χ1) is 9.31. The van der Waals surface area contributed by atoms with E-state index in [0.717, 1.165) is 10.6 Å². The van der Waals surface area contributed by atoms with E-state index in [9.17, 15) is 9.90 Å². The number of carbonyl (C=O) groups is 1. The maximum atomic E-state index is 12.1. The Morgan fingerprint density at radius 3 is 2.45 bits per heavy atom. The van der Waals surface area contributed by atoms with Crippen LogP contribution in [0.3, 0.4) is 0 Å². The summed E-state index contributed by atoms with van der Waals surface area (Å²) in [4.78, 5) is 14.9. The molecular weight excluding hydrogens is 294 g/mol. The lowest BCUT2D eigenvalue weighted by atomic mass is 10.1. The second-order valence-corrected chi connectivity index (χ2v) is 6.88. The third-order valence-electron chi connectivity index (χ3n) is 2.71. The zero-order valence-electron chi connectivity index (χ0n) is 12.2. The molecule has 3 nitrogen and oxygen atoms in total. The molecule has 112 valence electrons. The molecule has 0 saturated heterocycles. The number of benzene rings is 1. The smallest absolute Gasteiger partial charge is 0.223 e. The van der Waals surface area contributed by atoms with Gasteiger partial charge in [-0.25, -0.2) is 0 Å². The van der Waals surface area contributed by atoms with Crippen molar-refractivity contribution in [3.8, 4) is 0 Å². The van der Waals surface area contributed by atoms with Crippen molar-refractivity contribution in [2.45, 2.75) is 37.7 Å². The van der Waals surface area contributed by atoms with Gasteiger partial charge in [-0.15, -0.1) is 11.8 Å². The molecular formula is C15H22ClNO2S. The average molecular weight is 316 g/mol. The highest BCUT2D eigenvalue weighted by atomic mass is 35.5. The van der Waals surface area contributed by atoms with E-state index in [1.807, 2.05) is 31.2 Å². The van der Waals surface area contributed by atoms with Gasteiger partial charge in [0, 0.05) is 35.2 Å². The summed E-state index contributed by atoms with van der Waals surface area (Å²) in [7, 11) is 0. The predicted octanol–water partition coefficient (Wildman–Crippen LogP) is 3.44. The molecule has 0 atom stereocenters. The highest BCUT2D eigenvalue weighted by molar-refractivity contribution is 7.99. The van der Waals surface area contributed by atoms with Gasteiger partial charge in [0.05, 0.1) is 5.60 Å². The minimum atomic E-state index is -0.852. The molecule has 0 aromatic heterocycles. The number of hydrogen-bond donors (Lipinski definition) is 1. The maximum absolute atomic E-state index is 12.1. The summed E-state index contributed by atoms with van der Waals surface area (Å²) < 4.78 is 0. The number of rotatable bonds is 7. The van der Waals surface area contributed by atoms with E-state index in [1.165, 1.54) is 0 Å². The summed E-state index contributed by atoms with van der Waals surface area (Å²) in [5.41, 5.74) is -0.852. The van der Waals surface area contributed by atoms with Gasteiger partial charge < -0.3 is 10.0 Å². The van der Waals surface area contributed by atoms with Gasteiger partial charge in [0.25, 0.3) is 0 Å². The third-order valence-corrected chi connectivity index (χ3v) is 3.98. The fourth-order valence-electron chi connectivity index (χ4n) is 1.79. The monoisotopic (exact) mass is 315 g/mol. The second kappa shape index (κ2) is 7.91. The van der Waals surface area contributed by atoms with Gasteiger partial charge in [-0.1, -0.05) is 11.6 Å². The zero-order valence-corrected chi connectivity index (χ0v) is 13.8. The fraction of sp³-hybridized carbons (Fsp3) is 0.533. The summed E-state index contributed by atoms with van der Waals surface area (Å²) in [5, 5.41) is 10.5. The van der Waals surface area contributed by atoms with Crippen LogP contribution < -0.4 is 0 Å². The fourth-order valence-corrected chi connectivity index (χ4v) is 2.76. The summed E-state index contributed by atoms with van der Waals surface area (Å²) in [5.74, 6) is 0.805. The summed E-state index contributed by atoms with van der Waals surface area (Å²) in [6.45, 7) is 6.34. The number of halogens is 1. The van der Waals surface area contributed by atoms with Gasteiger partial charge in [-0.2, -0.15) is 0 Å². The molecule has 5 heteroatoms. The first kappa shape index (κ1) is 17.3. The van der Waals surface area contributed by atoms with Gasteiger partial charge in [-0.05, 0) is 45.0 Å². The SMILES string of the molecule is CCN(CC(C)(C)O)C(=O)CCSc1ccc(Cl)cc1. The standard InChI is InChI=1S/C15H22ClNO2S/c1-4-17(11-15(2,3)19)14(18)9-10-20-13-7-5-12(16)6-8-13/h5-8,19H,4,9-11H2,1-3H3. The van der Waals surface area contributed by atoms with E-state index in [2.05, 4.69) is 0 Å². The largest absolute Gasteiger partial charge is 0.389 e. The Labute approximate surface area is 130 Å². The Bertz CT molecular complexity index is 428. The molecule has 0 fully saturated rings. The first-order valence-corrected chi connectivity index (χ1v) is 8.06. The second-order valence-electron chi connectivity index (χ2n) is 5.27. The van der Waals surface area contributed by atoms with Crippen LogP contribution in [-0.4, -0.2) is 40.4 Å². The molecule has 20 heavy (non-hydrogen) atoms. The summed E-state index contributed by atoms with van der Waals surface area (Å²) >= 11 is 7.46. The van der Waals surface area contributed by atoms with Crippen LogP contribution in [0.4, 0.5) is 0 Å². The van der Waals surface area contributed by atoms with Gasteiger partial charge in [0.1, 0.15) is 0 Å². The van der Waals surface area contributed by atoms with Crippen LogP contribution in [-0.2, 0) is 4.79 Å². The number of carbonyl (C=O) groups excluding carboxylic acids is 1. The Morgan fingerprint density at radius 2 is 1.95 bits per heavy atom. The zero-order chi connectivity index (χ0) is 15.2. The normalized spacial score (nSPS) is 11.4. The van der Waals surface area contributed by atoms with E-state index in [1.54, 1.807) is 30.5 Å². The van der Waals surface area contributed by atoms with Crippen molar-refractivity contribution in [2.75, 3.05) is 18.8 Å². The average Bonchev–Trinajstić information content (AvgIpc) is 2.37. The van der Waals surface area contributed by atoms with Crippen molar-refractivity contribution in [3.63, 3.8) is 0 Å². The van der Waals surface area contributed by atoms with E-state index < -0.39 is 5.60 Å². The third kappa shape index (κ3) is 6.64. The Balaban J connectivity index is 2.40. The van der Waals surface area contributed by atoms with Gasteiger partial charge >= 0.3 is 0 Å². The van der Waals surface area contributed by atoms with Crippen molar-refractivity contribution < 1.29 is 9.90 Å². The van der Waals surface area contributed by atoms with Gasteiger partial charge in [0.2, 0.25) is 5.91 Å². The lowest BCUT2D eigenvalue weighted by Gasteiger charge is -2.28. The van der Waals surface area contributed by atoms with E-state index in [4.69, 9.17) is 11.6 Å². The van der Waals surface area contributed by atoms with Crippen LogP contribution in [0.25, 0.3) is 0 Å². The molecule has 1 rings (SSSR count). The number of thioether (sulfide) groups is 1. The van der Waals surface area contributed by atoms with Crippen LogP contribution in [0.5, 0.6) is 0 Å². The van der Waals surface area contributed by atoms with Crippen molar-refractivity contribution in [3.05, 3.63) is 29.3 Å². The van der Waals surface area contributed by atoms with Crippen molar-refractivity contribution >= 4 is 29.3 Å². The topological polar surface area (TPSA) is 40.5 Å². The molecule has 0 aliphatic heterocycles. The van der Waals surface area contributed by atoms with Crippen LogP contribution in [0.2, 0.25) is 5.02 Å². The molecule has 0 heterocycles. The van der Waals surface area contributed by atoms with Gasteiger partial charge in [0.15, 0.2) is 0 Å². The van der Waals surface area contributed by atoms with E-state index >= 15 is 0 Å². The molecule has 0 aliphatic carbocycles. The maximum Gasteiger partial charge on any atom is 0.223 e. The van der Waals surface area contributed by atoms with E-state index in [-0.39, 0.29) is 5.91 Å². The van der Waals surface area contributed by atoms with Crippen LogP contribution >= 0.6 is 23.4 Å². The molecule has 0 saturated carbocycles. The molecule has 1 aromatic rings. The van der Waals surface area contributed by atoms with Gasteiger partial charge in [-0.3, -0.25) is 4.79 Å².